The van der Waals surface area contributed by atoms with Crippen LogP contribution in [-0.2, 0) is 35.3 Å². The molecule has 0 atom stereocenters. The van der Waals surface area contributed by atoms with Gasteiger partial charge in [-0.05, 0) is 41.5 Å². The maximum atomic E-state index is 13.3. The molecule has 34 heavy (non-hydrogen) atoms. The number of rotatable bonds is 8. The van der Waals surface area contributed by atoms with Crippen molar-refractivity contribution in [1.29, 1.82) is 0 Å². The van der Waals surface area contributed by atoms with Crippen LogP contribution in [0.2, 0.25) is 0 Å². The Morgan fingerprint density at radius 1 is 0.941 bits per heavy atom. The Balaban J connectivity index is 1.80. The predicted octanol–water partition coefficient (Wildman–Crippen LogP) is 5.89. The smallest absolute Gasteiger partial charge is 0.416 e. The summed E-state index contributed by atoms with van der Waals surface area (Å²) in [5.41, 5.74) is 0.465. The fourth-order valence-electron chi connectivity index (χ4n) is 3.15. The normalized spacial score (nSPS) is 11.1. The highest BCUT2D eigenvalue weighted by atomic mass is 19.4. The van der Waals surface area contributed by atoms with Crippen molar-refractivity contribution < 1.29 is 37.3 Å². The van der Waals surface area contributed by atoms with E-state index in [0.717, 1.165) is 22.6 Å². The van der Waals surface area contributed by atoms with E-state index in [0.29, 0.717) is 5.56 Å². The number of carbonyl (C=O) groups excluding carboxylic acids is 1. The first-order valence-corrected chi connectivity index (χ1v) is 10.2. The number of benzene rings is 3. The van der Waals surface area contributed by atoms with Crippen LogP contribution in [0.25, 0.3) is 0 Å². The summed E-state index contributed by atoms with van der Waals surface area (Å²) in [6, 6.07) is 18.2. The first kappa shape index (κ1) is 24.6. The number of hydrogen-bond donors (Lipinski definition) is 1. The van der Waals surface area contributed by atoms with Gasteiger partial charge in [-0.1, -0.05) is 42.5 Å². The van der Waals surface area contributed by atoms with Gasteiger partial charge in [-0.2, -0.15) is 13.2 Å². The zero-order chi connectivity index (χ0) is 24.7. The average Bonchev–Trinajstić information content (AvgIpc) is 2.78. The topological polar surface area (TPSA) is 76.1 Å². The second-order valence-corrected chi connectivity index (χ2v) is 7.54. The van der Waals surface area contributed by atoms with Crippen molar-refractivity contribution >= 4 is 12.1 Å². The maximum absolute atomic E-state index is 13.3. The third-order valence-electron chi connectivity index (χ3n) is 4.79. The first-order valence-electron chi connectivity index (χ1n) is 10.2. The monoisotopic (exact) mass is 473 g/mol. The number of carboxylic acids is 1. The van der Waals surface area contributed by atoms with Crippen LogP contribution in [-0.4, -0.2) is 29.1 Å². The lowest BCUT2D eigenvalue weighted by Gasteiger charge is -2.20. The molecular formula is C25H22F3NO5. The molecule has 0 heterocycles. The minimum Gasteiger partial charge on any atom is -0.481 e. The molecule has 0 saturated heterocycles. The molecule has 9 heteroatoms. The van der Waals surface area contributed by atoms with Gasteiger partial charge in [0.1, 0.15) is 18.1 Å². The van der Waals surface area contributed by atoms with E-state index in [1.165, 1.54) is 19.2 Å². The largest absolute Gasteiger partial charge is 0.481 e. The highest BCUT2D eigenvalue weighted by molar-refractivity contribution is 5.70. The Labute approximate surface area is 194 Å². The third kappa shape index (κ3) is 6.99. The minimum absolute atomic E-state index is 0.0202. The number of hydrogen-bond acceptors (Lipinski definition) is 4. The predicted molar refractivity (Wildman–Crippen MR) is 117 cm³/mol. The molecule has 1 amide bonds. The van der Waals surface area contributed by atoms with E-state index in [9.17, 15) is 22.8 Å². The fraction of sp³-hybridized carbons (Fsp3) is 0.200. The summed E-state index contributed by atoms with van der Waals surface area (Å²) < 4.78 is 50.9. The van der Waals surface area contributed by atoms with Crippen molar-refractivity contribution in [2.75, 3.05) is 7.05 Å². The molecule has 0 unspecified atom stereocenters. The third-order valence-corrected chi connectivity index (χ3v) is 4.79. The highest BCUT2D eigenvalue weighted by Gasteiger charge is 2.31. The molecule has 6 nitrogen and oxygen atoms in total. The minimum atomic E-state index is -4.58. The molecule has 3 rings (SSSR count). The van der Waals surface area contributed by atoms with Gasteiger partial charge in [0, 0.05) is 12.6 Å². The molecular weight excluding hydrogens is 451 g/mol. The standard InChI is InChI=1S/C25H22F3NO5/c1-29(24(32)33-16-17-6-3-2-4-7-17)15-19-14-20(25(26,27)28)10-11-22(19)34-21-9-5-8-18(12-21)13-23(30)31/h2-12,14H,13,15-16H2,1H3,(H,30,31). The second kappa shape index (κ2) is 10.7. The van der Waals surface area contributed by atoms with Crippen molar-refractivity contribution in [3.63, 3.8) is 0 Å². The van der Waals surface area contributed by atoms with Crippen LogP contribution in [0.4, 0.5) is 18.0 Å². The van der Waals surface area contributed by atoms with Crippen LogP contribution in [0.1, 0.15) is 22.3 Å². The van der Waals surface area contributed by atoms with Crippen LogP contribution < -0.4 is 4.74 Å². The summed E-state index contributed by atoms with van der Waals surface area (Å²) in [7, 11) is 1.41. The van der Waals surface area contributed by atoms with Crippen molar-refractivity contribution in [2.24, 2.45) is 0 Å². The number of ether oxygens (including phenoxy) is 2. The van der Waals surface area contributed by atoms with E-state index < -0.39 is 23.8 Å². The van der Waals surface area contributed by atoms with Crippen LogP contribution in [0.15, 0.2) is 72.8 Å². The Morgan fingerprint density at radius 3 is 2.32 bits per heavy atom. The summed E-state index contributed by atoms with van der Waals surface area (Å²) in [5, 5.41) is 8.97. The summed E-state index contributed by atoms with van der Waals surface area (Å²) in [6.45, 7) is -0.186. The van der Waals surface area contributed by atoms with Gasteiger partial charge in [0.05, 0.1) is 18.5 Å². The SMILES string of the molecule is CN(Cc1cc(C(F)(F)F)ccc1Oc1cccc(CC(=O)O)c1)C(=O)OCc1ccccc1. The van der Waals surface area contributed by atoms with Gasteiger partial charge in [-0.15, -0.1) is 0 Å². The first-order chi connectivity index (χ1) is 16.1. The van der Waals surface area contributed by atoms with Gasteiger partial charge in [0.25, 0.3) is 0 Å². The van der Waals surface area contributed by atoms with Crippen LogP contribution in [0, 0.1) is 0 Å². The van der Waals surface area contributed by atoms with Crippen molar-refractivity contribution in [3.05, 3.63) is 95.1 Å². The molecule has 0 aromatic heterocycles. The summed E-state index contributed by atoms with van der Waals surface area (Å²) in [4.78, 5) is 24.5. The molecule has 0 saturated carbocycles. The van der Waals surface area contributed by atoms with E-state index in [-0.39, 0.29) is 36.6 Å². The molecule has 0 fully saturated rings. The maximum Gasteiger partial charge on any atom is 0.416 e. The average molecular weight is 473 g/mol. The lowest BCUT2D eigenvalue weighted by molar-refractivity contribution is -0.138. The van der Waals surface area contributed by atoms with Gasteiger partial charge in [-0.25, -0.2) is 4.79 Å². The van der Waals surface area contributed by atoms with Crippen molar-refractivity contribution in [3.8, 4) is 11.5 Å². The molecule has 178 valence electrons. The van der Waals surface area contributed by atoms with Crippen LogP contribution in [0.5, 0.6) is 11.5 Å². The van der Waals surface area contributed by atoms with Gasteiger partial charge >= 0.3 is 18.2 Å². The van der Waals surface area contributed by atoms with E-state index in [1.807, 2.05) is 6.07 Å². The number of amides is 1. The van der Waals surface area contributed by atoms with E-state index in [2.05, 4.69) is 0 Å². The lowest BCUT2D eigenvalue weighted by Crippen LogP contribution is -2.27. The summed E-state index contributed by atoms with van der Waals surface area (Å²) >= 11 is 0. The van der Waals surface area contributed by atoms with E-state index in [4.69, 9.17) is 14.6 Å². The van der Waals surface area contributed by atoms with E-state index >= 15 is 0 Å². The Bertz CT molecular complexity index is 1150. The Morgan fingerprint density at radius 2 is 1.65 bits per heavy atom. The number of nitrogens with zero attached hydrogens (tertiary/aromatic N) is 1. The van der Waals surface area contributed by atoms with Gasteiger partial charge < -0.3 is 19.5 Å². The molecule has 0 aliphatic rings. The van der Waals surface area contributed by atoms with E-state index in [1.54, 1.807) is 42.5 Å². The molecule has 0 aliphatic heterocycles. The Kier molecular flexibility index (Phi) is 7.78. The number of carboxylic acid groups (broad SMARTS) is 1. The zero-order valence-electron chi connectivity index (χ0n) is 18.2. The quantitative estimate of drug-likeness (QED) is 0.441. The number of alkyl halides is 3. The zero-order valence-corrected chi connectivity index (χ0v) is 18.2. The molecule has 1 N–H and O–H groups in total. The number of halogens is 3. The van der Waals surface area contributed by atoms with Crippen LogP contribution in [0.3, 0.4) is 0 Å². The molecule has 0 bridgehead atoms. The fourth-order valence-corrected chi connectivity index (χ4v) is 3.15. The summed E-state index contributed by atoms with van der Waals surface area (Å²) in [6.07, 6.45) is -5.52. The van der Waals surface area contributed by atoms with Crippen molar-refractivity contribution in [1.82, 2.24) is 4.90 Å². The van der Waals surface area contributed by atoms with Gasteiger partial charge in [-0.3, -0.25) is 4.79 Å². The Hall–Kier alpha value is -4.01. The van der Waals surface area contributed by atoms with Crippen LogP contribution >= 0.6 is 0 Å². The molecule has 0 aliphatic carbocycles. The molecule has 3 aromatic rings. The van der Waals surface area contributed by atoms with Crippen molar-refractivity contribution in [2.45, 2.75) is 25.7 Å². The second-order valence-electron chi connectivity index (χ2n) is 7.54. The molecule has 0 spiro atoms. The highest BCUT2D eigenvalue weighted by Crippen LogP contribution is 2.35. The molecule has 3 aromatic carbocycles. The lowest BCUT2D eigenvalue weighted by atomic mass is 10.1. The van der Waals surface area contributed by atoms with Gasteiger partial charge in [0.15, 0.2) is 0 Å². The number of carbonyl (C=O) groups is 2. The molecule has 0 radical (unpaired) electrons. The van der Waals surface area contributed by atoms with Gasteiger partial charge in [0.2, 0.25) is 0 Å². The number of aliphatic carboxylic acids is 1. The summed E-state index contributed by atoms with van der Waals surface area (Å²) in [5.74, 6) is -0.666.